The number of nitrogens with zero attached hydrogens (tertiary/aromatic N) is 2. The second-order valence-electron chi connectivity index (χ2n) is 5.37. The monoisotopic (exact) mass is 285 g/mol. The van der Waals surface area contributed by atoms with Crippen LogP contribution >= 0.6 is 0 Å². The molecule has 1 N–H and O–H groups in total. The smallest absolute Gasteiger partial charge is 0.419 e. The average Bonchev–Trinajstić information content (AvgIpc) is 3.16. The maximum absolute atomic E-state index is 11.6. The van der Waals surface area contributed by atoms with E-state index in [1.807, 2.05) is 18.2 Å². The second kappa shape index (κ2) is 4.51. The average molecular weight is 285 g/mol. The summed E-state index contributed by atoms with van der Waals surface area (Å²) in [5.41, 5.74) is 2.10. The Hall–Kier alpha value is -2.50. The molecule has 108 valence electrons. The largest absolute Gasteiger partial charge is 0.444 e. The molecular formula is C15H15N3O3. The van der Waals surface area contributed by atoms with Crippen molar-refractivity contribution in [1.82, 2.24) is 9.55 Å². The predicted molar refractivity (Wildman–Crippen MR) is 77.3 cm³/mol. The zero-order valence-electron chi connectivity index (χ0n) is 11.6. The van der Waals surface area contributed by atoms with Crippen molar-refractivity contribution >= 4 is 16.8 Å². The summed E-state index contributed by atoms with van der Waals surface area (Å²) in [4.78, 5) is 15.9. The summed E-state index contributed by atoms with van der Waals surface area (Å²) in [6.07, 6.45) is 4.09. The van der Waals surface area contributed by atoms with E-state index in [4.69, 9.17) is 8.83 Å². The fourth-order valence-corrected chi connectivity index (χ4v) is 2.40. The molecule has 3 aromatic rings. The summed E-state index contributed by atoms with van der Waals surface area (Å²) in [6.45, 7) is 0.511. The third kappa shape index (κ3) is 2.12. The maximum Gasteiger partial charge on any atom is 0.419 e. The van der Waals surface area contributed by atoms with E-state index in [2.05, 4.69) is 10.3 Å². The van der Waals surface area contributed by atoms with Crippen LogP contribution in [0.1, 0.15) is 30.4 Å². The molecule has 6 nitrogen and oxygen atoms in total. The fraction of sp³-hybridized carbons (Fsp3) is 0.333. The highest BCUT2D eigenvalue weighted by Crippen LogP contribution is 2.39. The molecule has 4 rings (SSSR count). The summed E-state index contributed by atoms with van der Waals surface area (Å²) >= 11 is 0. The van der Waals surface area contributed by atoms with E-state index >= 15 is 0 Å². The van der Waals surface area contributed by atoms with E-state index in [-0.39, 0.29) is 5.76 Å². The molecule has 0 amide bonds. The lowest BCUT2D eigenvalue weighted by molar-refractivity contribution is 0.462. The van der Waals surface area contributed by atoms with Gasteiger partial charge in [-0.3, -0.25) is 4.57 Å². The van der Waals surface area contributed by atoms with Crippen molar-refractivity contribution in [3.05, 3.63) is 46.6 Å². The lowest BCUT2D eigenvalue weighted by atomic mass is 10.2. The Morgan fingerprint density at radius 3 is 3.05 bits per heavy atom. The van der Waals surface area contributed by atoms with Gasteiger partial charge in [-0.05, 0) is 25.0 Å². The van der Waals surface area contributed by atoms with Crippen molar-refractivity contribution in [2.75, 3.05) is 5.32 Å². The Morgan fingerprint density at radius 1 is 1.38 bits per heavy atom. The third-order valence-electron chi connectivity index (χ3n) is 3.77. The Morgan fingerprint density at radius 2 is 2.24 bits per heavy atom. The van der Waals surface area contributed by atoms with Crippen LogP contribution in [-0.4, -0.2) is 9.55 Å². The Bertz CT molecular complexity index is 855. The van der Waals surface area contributed by atoms with Gasteiger partial charge in [0.25, 0.3) is 0 Å². The van der Waals surface area contributed by atoms with Crippen LogP contribution in [-0.2, 0) is 13.6 Å². The summed E-state index contributed by atoms with van der Waals surface area (Å²) in [6, 6.07) is 5.62. The highest BCUT2D eigenvalue weighted by molar-refractivity contribution is 5.86. The van der Waals surface area contributed by atoms with Crippen molar-refractivity contribution < 1.29 is 8.83 Å². The first-order valence-corrected chi connectivity index (χ1v) is 6.99. The molecule has 6 heteroatoms. The molecule has 0 saturated heterocycles. The van der Waals surface area contributed by atoms with E-state index in [1.165, 1.54) is 17.4 Å². The van der Waals surface area contributed by atoms with Crippen molar-refractivity contribution in [3.63, 3.8) is 0 Å². The first-order chi connectivity index (χ1) is 10.2. The number of hydrogen-bond acceptors (Lipinski definition) is 5. The molecule has 1 saturated carbocycles. The van der Waals surface area contributed by atoms with Gasteiger partial charge in [0.2, 0.25) is 0 Å². The lowest BCUT2D eigenvalue weighted by Crippen LogP contribution is -2.08. The van der Waals surface area contributed by atoms with E-state index < -0.39 is 0 Å². The highest BCUT2D eigenvalue weighted by atomic mass is 16.4. The van der Waals surface area contributed by atoms with E-state index in [1.54, 1.807) is 13.2 Å². The van der Waals surface area contributed by atoms with E-state index in [0.29, 0.717) is 18.0 Å². The lowest BCUT2D eigenvalue weighted by Gasteiger charge is -2.04. The van der Waals surface area contributed by atoms with Gasteiger partial charge in [-0.15, -0.1) is 0 Å². The quantitative estimate of drug-likeness (QED) is 0.797. The van der Waals surface area contributed by atoms with Crippen LogP contribution in [0.4, 0.5) is 5.69 Å². The van der Waals surface area contributed by atoms with Crippen LogP contribution in [0.2, 0.25) is 0 Å². The highest BCUT2D eigenvalue weighted by Gasteiger charge is 2.28. The molecule has 0 atom stereocenters. The number of hydrogen-bond donors (Lipinski definition) is 1. The van der Waals surface area contributed by atoms with Crippen molar-refractivity contribution in [2.45, 2.75) is 25.3 Å². The van der Waals surface area contributed by atoms with Crippen LogP contribution in [0.25, 0.3) is 11.1 Å². The van der Waals surface area contributed by atoms with Crippen LogP contribution in [0.3, 0.4) is 0 Å². The van der Waals surface area contributed by atoms with Gasteiger partial charge in [0, 0.05) is 13.0 Å². The number of fused-ring (bicyclic) bond motifs is 1. The van der Waals surface area contributed by atoms with Gasteiger partial charge < -0.3 is 14.2 Å². The summed E-state index contributed by atoms with van der Waals surface area (Å²) in [5.74, 6) is 1.76. The Labute approximate surface area is 120 Å². The van der Waals surface area contributed by atoms with Gasteiger partial charge in [0.1, 0.15) is 5.76 Å². The van der Waals surface area contributed by atoms with Crippen molar-refractivity contribution in [2.24, 2.45) is 7.05 Å². The van der Waals surface area contributed by atoms with Crippen LogP contribution in [0, 0.1) is 0 Å². The molecule has 0 bridgehead atoms. The minimum absolute atomic E-state index is 0.366. The molecule has 0 aliphatic heterocycles. The second-order valence-corrected chi connectivity index (χ2v) is 5.37. The molecule has 1 aliphatic carbocycles. The number of benzene rings is 1. The first-order valence-electron chi connectivity index (χ1n) is 6.99. The van der Waals surface area contributed by atoms with Gasteiger partial charge in [-0.25, -0.2) is 9.78 Å². The summed E-state index contributed by atoms with van der Waals surface area (Å²) in [5, 5.41) is 3.24. The molecule has 2 aromatic heterocycles. The van der Waals surface area contributed by atoms with Crippen molar-refractivity contribution in [1.29, 1.82) is 0 Å². The minimum atomic E-state index is -0.366. The number of aromatic nitrogens is 2. The molecule has 1 fully saturated rings. The third-order valence-corrected chi connectivity index (χ3v) is 3.77. The van der Waals surface area contributed by atoms with Gasteiger partial charge >= 0.3 is 5.76 Å². The number of para-hydroxylation sites is 1. The predicted octanol–water partition coefficient (Wildman–Crippen LogP) is 2.61. The molecule has 21 heavy (non-hydrogen) atoms. The first kappa shape index (κ1) is 12.3. The zero-order chi connectivity index (χ0) is 14.4. The molecule has 1 aromatic carbocycles. The molecular weight excluding hydrogens is 270 g/mol. The van der Waals surface area contributed by atoms with Crippen LogP contribution in [0.5, 0.6) is 0 Å². The van der Waals surface area contributed by atoms with Crippen LogP contribution < -0.4 is 11.1 Å². The standard InChI is InChI=1S/C15H15N3O3/c1-18-12-4-2-3-11(13(12)21-15(18)19)16-7-10-8-17-14(20-10)9-5-6-9/h2-4,8-9,16H,5-7H2,1H3. The van der Waals surface area contributed by atoms with Gasteiger partial charge in [-0.1, -0.05) is 6.07 Å². The van der Waals surface area contributed by atoms with Gasteiger partial charge in [-0.2, -0.15) is 0 Å². The number of anilines is 1. The summed E-state index contributed by atoms with van der Waals surface area (Å²) in [7, 11) is 1.69. The van der Waals surface area contributed by atoms with Gasteiger partial charge in [0.15, 0.2) is 11.5 Å². The molecule has 1 aliphatic rings. The van der Waals surface area contributed by atoms with Crippen molar-refractivity contribution in [3.8, 4) is 0 Å². The normalized spacial score (nSPS) is 14.7. The number of rotatable bonds is 4. The topological polar surface area (TPSA) is 73.2 Å². The number of oxazole rings is 2. The fourth-order valence-electron chi connectivity index (χ4n) is 2.40. The minimum Gasteiger partial charge on any atom is -0.444 e. The Kier molecular flexibility index (Phi) is 2.63. The maximum atomic E-state index is 11.6. The summed E-state index contributed by atoms with van der Waals surface area (Å²) < 4.78 is 12.5. The molecule has 2 heterocycles. The van der Waals surface area contributed by atoms with E-state index in [9.17, 15) is 4.79 Å². The molecule has 0 radical (unpaired) electrons. The Balaban J connectivity index is 1.58. The van der Waals surface area contributed by atoms with Gasteiger partial charge in [0.05, 0.1) is 23.9 Å². The number of nitrogens with one attached hydrogen (secondary N) is 1. The number of aryl methyl sites for hydroxylation is 1. The SMILES string of the molecule is Cn1c(=O)oc2c(NCc3cnc(C4CC4)o3)cccc21. The zero-order valence-corrected chi connectivity index (χ0v) is 11.6. The molecule has 0 unspecified atom stereocenters. The molecule has 0 spiro atoms. The van der Waals surface area contributed by atoms with E-state index in [0.717, 1.165) is 22.9 Å². The van der Waals surface area contributed by atoms with Crippen LogP contribution in [0.15, 0.2) is 38.0 Å².